The number of alkyl halides is 1. The van der Waals surface area contributed by atoms with Crippen molar-refractivity contribution in [3.8, 4) is 0 Å². The lowest BCUT2D eigenvalue weighted by molar-refractivity contribution is -0.139. The van der Waals surface area contributed by atoms with Crippen LogP contribution in [0.15, 0.2) is 22.6 Å². The molecule has 0 saturated carbocycles. The molecule has 0 bridgehead atoms. The van der Waals surface area contributed by atoms with Crippen LogP contribution in [-0.4, -0.2) is 16.1 Å². The number of carboxylic acid groups (broad SMARTS) is 1. The number of rotatable bonds is 1. The maximum Gasteiger partial charge on any atom is 0.351 e. The Morgan fingerprint density at radius 3 is 2.62 bits per heavy atom. The zero-order valence-electron chi connectivity index (χ0n) is 6.34. The third-order valence-electron chi connectivity index (χ3n) is 1.57. The normalized spacial score (nSPS) is 28.0. The quantitative estimate of drug-likeness (QED) is 0.365. The van der Waals surface area contributed by atoms with Crippen LogP contribution in [0, 0.1) is 0 Å². The van der Waals surface area contributed by atoms with Crippen molar-refractivity contribution in [2.75, 3.05) is 0 Å². The molecule has 0 radical (unpaired) electrons. The van der Waals surface area contributed by atoms with Gasteiger partial charge in [-0.1, -0.05) is 23.2 Å². The monoisotopic (exact) mass is 223 g/mol. The van der Waals surface area contributed by atoms with E-state index in [1.165, 1.54) is 6.20 Å². The summed E-state index contributed by atoms with van der Waals surface area (Å²) in [6, 6.07) is 0. The summed E-state index contributed by atoms with van der Waals surface area (Å²) < 4.78 is 0. The molecule has 1 aliphatic heterocycles. The Bertz CT molecular complexity index is 326. The average molecular weight is 224 g/mol. The molecule has 72 valence electrons. The van der Waals surface area contributed by atoms with Crippen LogP contribution in [0.5, 0.6) is 0 Å². The number of nitrogens with one attached hydrogen (secondary N) is 1. The number of halogens is 2. The van der Waals surface area contributed by atoms with E-state index < -0.39 is 11.0 Å². The number of dihydropyridines is 1. The molecule has 7 heteroatoms. The number of aliphatic carboxylic acids is 1. The van der Waals surface area contributed by atoms with Crippen LogP contribution in [0.25, 0.3) is 0 Å². The van der Waals surface area contributed by atoms with Crippen LogP contribution in [0.4, 0.5) is 0 Å². The van der Waals surface area contributed by atoms with Crippen LogP contribution in [0.3, 0.4) is 0 Å². The van der Waals surface area contributed by atoms with Gasteiger partial charge in [0.2, 0.25) is 5.00 Å². The predicted molar refractivity (Wildman–Crippen MR) is 48.7 cm³/mol. The smallest absolute Gasteiger partial charge is 0.351 e. The first-order valence-corrected chi connectivity index (χ1v) is 3.97. The second-order valence-corrected chi connectivity index (χ2v) is 3.38. The van der Waals surface area contributed by atoms with Crippen molar-refractivity contribution in [2.24, 2.45) is 11.5 Å². The first-order chi connectivity index (χ1) is 5.89. The van der Waals surface area contributed by atoms with Gasteiger partial charge in [-0.05, 0) is 0 Å². The molecular weight excluding hydrogens is 217 g/mol. The molecule has 0 aliphatic carbocycles. The molecule has 0 saturated heterocycles. The van der Waals surface area contributed by atoms with Gasteiger partial charge in [0, 0.05) is 6.20 Å². The van der Waals surface area contributed by atoms with Gasteiger partial charge in [0.1, 0.15) is 0 Å². The number of nitrogens with two attached hydrogens (primary N) is 2. The molecule has 1 heterocycles. The van der Waals surface area contributed by atoms with Gasteiger partial charge in [-0.25, -0.2) is 4.79 Å². The van der Waals surface area contributed by atoms with Gasteiger partial charge in [0.05, 0.1) is 16.4 Å². The highest BCUT2D eigenvalue weighted by atomic mass is 35.5. The van der Waals surface area contributed by atoms with Crippen molar-refractivity contribution in [1.29, 1.82) is 0 Å². The summed E-state index contributed by atoms with van der Waals surface area (Å²) in [4.78, 5) is 8.79. The first kappa shape index (κ1) is 10.0. The number of carboxylic acids is 1. The van der Waals surface area contributed by atoms with Gasteiger partial charge >= 0.3 is 5.97 Å². The fourth-order valence-electron chi connectivity index (χ4n) is 0.786. The van der Waals surface area contributed by atoms with E-state index in [1.54, 1.807) is 0 Å². The lowest BCUT2D eigenvalue weighted by Crippen LogP contribution is -2.48. The molecule has 0 aromatic heterocycles. The second kappa shape index (κ2) is 3.01. The van der Waals surface area contributed by atoms with Gasteiger partial charge in [0.15, 0.2) is 0 Å². The van der Waals surface area contributed by atoms with Crippen LogP contribution in [0.1, 0.15) is 0 Å². The molecule has 1 rings (SSSR count). The third kappa shape index (κ3) is 1.40. The molecule has 0 amide bonds. The van der Waals surface area contributed by atoms with Crippen molar-refractivity contribution in [3.63, 3.8) is 0 Å². The Balaban J connectivity index is 3.18. The van der Waals surface area contributed by atoms with Gasteiger partial charge in [-0.2, -0.15) is 0 Å². The Labute approximate surface area is 84.0 Å². The van der Waals surface area contributed by atoms with E-state index in [0.29, 0.717) is 0 Å². The van der Waals surface area contributed by atoms with Gasteiger partial charge in [-0.3, -0.25) is 0 Å². The maximum atomic E-state index is 10.7. The summed E-state index contributed by atoms with van der Waals surface area (Å²) >= 11 is 11.3. The van der Waals surface area contributed by atoms with Crippen molar-refractivity contribution in [1.82, 2.24) is 5.32 Å². The lowest BCUT2D eigenvalue weighted by atomic mass is 10.1. The predicted octanol–water partition coefficient (Wildman–Crippen LogP) is -0.181. The highest BCUT2D eigenvalue weighted by Crippen LogP contribution is 2.31. The molecule has 6 N–H and O–H groups in total. The minimum absolute atomic E-state index is 0.0298. The van der Waals surface area contributed by atoms with Crippen molar-refractivity contribution in [3.05, 3.63) is 22.6 Å². The standard InChI is InChI=1S/C6H7Cl2N3O2/c7-4-3(10)2(9)1-11-6(4,8)5(12)13/h1,11H,9-10H2,(H,12,13). The molecule has 0 aromatic rings. The zero-order valence-corrected chi connectivity index (χ0v) is 7.86. The van der Waals surface area contributed by atoms with Crippen LogP contribution in [0.2, 0.25) is 0 Å². The first-order valence-electron chi connectivity index (χ1n) is 3.21. The van der Waals surface area contributed by atoms with Gasteiger partial charge in [0.25, 0.3) is 0 Å². The largest absolute Gasteiger partial charge is 0.478 e. The van der Waals surface area contributed by atoms with E-state index in [-0.39, 0.29) is 16.4 Å². The lowest BCUT2D eigenvalue weighted by Gasteiger charge is -2.27. The molecule has 5 nitrogen and oxygen atoms in total. The Morgan fingerprint density at radius 2 is 2.15 bits per heavy atom. The van der Waals surface area contributed by atoms with Crippen molar-refractivity contribution < 1.29 is 9.90 Å². The number of hydrogen-bond acceptors (Lipinski definition) is 4. The van der Waals surface area contributed by atoms with Crippen molar-refractivity contribution >= 4 is 29.2 Å². The SMILES string of the molecule is NC1=CNC(Cl)(C(=O)O)C(Cl)=C1N. The molecule has 13 heavy (non-hydrogen) atoms. The number of carbonyl (C=O) groups is 1. The summed E-state index contributed by atoms with van der Waals surface area (Å²) in [6.45, 7) is 0. The topological polar surface area (TPSA) is 101 Å². The molecule has 1 unspecified atom stereocenters. The van der Waals surface area contributed by atoms with E-state index in [2.05, 4.69) is 5.32 Å². The van der Waals surface area contributed by atoms with E-state index in [1.807, 2.05) is 0 Å². The van der Waals surface area contributed by atoms with Crippen LogP contribution >= 0.6 is 23.2 Å². The van der Waals surface area contributed by atoms with Gasteiger partial charge in [-0.15, -0.1) is 0 Å². The minimum atomic E-state index is -1.91. The van der Waals surface area contributed by atoms with E-state index in [9.17, 15) is 4.79 Å². The maximum absolute atomic E-state index is 10.7. The summed E-state index contributed by atoms with van der Waals surface area (Å²) in [7, 11) is 0. The zero-order chi connectivity index (χ0) is 10.2. The Kier molecular flexibility index (Phi) is 2.32. The molecule has 0 spiro atoms. The highest BCUT2D eigenvalue weighted by molar-refractivity contribution is 6.46. The fraction of sp³-hybridized carbons (Fsp3) is 0.167. The molecule has 1 aliphatic rings. The Morgan fingerprint density at radius 1 is 1.62 bits per heavy atom. The molecule has 1 atom stereocenters. The average Bonchev–Trinajstić information content (AvgIpc) is 2.08. The summed E-state index contributed by atoms with van der Waals surface area (Å²) in [5.74, 6) is -1.34. The molecule has 0 aromatic carbocycles. The third-order valence-corrected chi connectivity index (χ3v) is 2.61. The summed E-state index contributed by atoms with van der Waals surface area (Å²) in [6.07, 6.45) is 1.20. The second-order valence-electron chi connectivity index (χ2n) is 2.44. The Hall–Kier alpha value is -1.07. The van der Waals surface area contributed by atoms with Crippen LogP contribution < -0.4 is 16.8 Å². The van der Waals surface area contributed by atoms with E-state index >= 15 is 0 Å². The van der Waals surface area contributed by atoms with E-state index in [4.69, 9.17) is 39.8 Å². The van der Waals surface area contributed by atoms with Crippen LogP contribution in [-0.2, 0) is 4.79 Å². The van der Waals surface area contributed by atoms with E-state index in [0.717, 1.165) is 0 Å². The minimum Gasteiger partial charge on any atom is -0.478 e. The highest BCUT2D eigenvalue weighted by Gasteiger charge is 2.43. The summed E-state index contributed by atoms with van der Waals surface area (Å²) in [5, 5.41) is 10.8. The number of hydrogen-bond donors (Lipinski definition) is 4. The molecule has 0 fully saturated rings. The fourth-order valence-corrected chi connectivity index (χ4v) is 1.19. The van der Waals surface area contributed by atoms with Gasteiger partial charge < -0.3 is 21.9 Å². The molecular formula is C6H7Cl2N3O2. The van der Waals surface area contributed by atoms with Crippen molar-refractivity contribution in [2.45, 2.75) is 5.00 Å². The summed E-state index contributed by atoms with van der Waals surface area (Å²) in [5.41, 5.74) is 10.9.